The van der Waals surface area contributed by atoms with Gasteiger partial charge in [0.1, 0.15) is 0 Å². The molecule has 1 aromatic carbocycles. The average molecular weight is 346 g/mol. The van der Waals surface area contributed by atoms with E-state index in [0.29, 0.717) is 32.6 Å². The zero-order valence-electron chi connectivity index (χ0n) is 14.5. The minimum absolute atomic E-state index is 0.0272. The first-order valence-corrected chi connectivity index (χ1v) is 9.00. The molecule has 136 valence electrons. The summed E-state index contributed by atoms with van der Waals surface area (Å²) in [7, 11) is 0. The van der Waals surface area contributed by atoms with Gasteiger partial charge in [0.25, 0.3) is 0 Å². The fourth-order valence-electron chi connectivity index (χ4n) is 3.49. The maximum Gasteiger partial charge on any atom is 0.242 e. The van der Waals surface area contributed by atoms with Crippen LogP contribution in [0.15, 0.2) is 30.3 Å². The van der Waals surface area contributed by atoms with Crippen LogP contribution in [0.25, 0.3) is 0 Å². The minimum atomic E-state index is -0.703. The van der Waals surface area contributed by atoms with Crippen LogP contribution in [0.3, 0.4) is 0 Å². The van der Waals surface area contributed by atoms with Crippen molar-refractivity contribution in [2.24, 2.45) is 5.92 Å². The summed E-state index contributed by atoms with van der Waals surface area (Å²) in [5.41, 5.74) is 1.16. The smallest absolute Gasteiger partial charge is 0.242 e. The van der Waals surface area contributed by atoms with Crippen molar-refractivity contribution < 1.29 is 19.4 Å². The van der Waals surface area contributed by atoms with Crippen molar-refractivity contribution in [3.05, 3.63) is 35.9 Å². The number of aliphatic hydroxyl groups is 1. The third-order valence-electron chi connectivity index (χ3n) is 4.94. The molecule has 2 heterocycles. The van der Waals surface area contributed by atoms with E-state index in [9.17, 15) is 14.7 Å². The van der Waals surface area contributed by atoms with Gasteiger partial charge >= 0.3 is 0 Å². The number of nitrogens with zero attached hydrogens (tertiary/aromatic N) is 2. The van der Waals surface area contributed by atoms with Crippen molar-refractivity contribution in [1.82, 2.24) is 9.80 Å². The minimum Gasteiger partial charge on any atom is -0.389 e. The lowest BCUT2D eigenvalue weighted by molar-refractivity contribution is -0.143. The van der Waals surface area contributed by atoms with Gasteiger partial charge < -0.3 is 19.6 Å². The SMILES string of the molecule is O=C1CN(C(=O)C2CCOCC2)CC(O)CN1CCc1ccccc1. The lowest BCUT2D eigenvalue weighted by Gasteiger charge is -2.28. The number of carbonyl (C=O) groups excluding carboxylic acids is 2. The van der Waals surface area contributed by atoms with Gasteiger partial charge in [-0.15, -0.1) is 0 Å². The number of ether oxygens (including phenoxy) is 1. The molecule has 0 spiro atoms. The molecule has 3 rings (SSSR count). The Morgan fingerprint density at radius 3 is 2.60 bits per heavy atom. The molecule has 2 fully saturated rings. The summed E-state index contributed by atoms with van der Waals surface area (Å²) in [5.74, 6) is -0.210. The maximum absolute atomic E-state index is 12.7. The van der Waals surface area contributed by atoms with Gasteiger partial charge in [-0.3, -0.25) is 9.59 Å². The van der Waals surface area contributed by atoms with Gasteiger partial charge in [-0.05, 0) is 24.8 Å². The molecule has 1 atom stereocenters. The normalized spacial score (nSPS) is 22.8. The molecular weight excluding hydrogens is 320 g/mol. The van der Waals surface area contributed by atoms with Gasteiger partial charge in [-0.25, -0.2) is 0 Å². The lowest BCUT2D eigenvalue weighted by Crippen LogP contribution is -2.44. The van der Waals surface area contributed by atoms with Crippen molar-refractivity contribution in [1.29, 1.82) is 0 Å². The largest absolute Gasteiger partial charge is 0.389 e. The Morgan fingerprint density at radius 1 is 1.16 bits per heavy atom. The molecular formula is C19H26N2O4. The third-order valence-corrected chi connectivity index (χ3v) is 4.94. The number of hydrogen-bond acceptors (Lipinski definition) is 4. The number of benzene rings is 1. The summed E-state index contributed by atoms with van der Waals surface area (Å²) in [5, 5.41) is 10.3. The van der Waals surface area contributed by atoms with E-state index in [1.807, 2.05) is 30.3 Å². The van der Waals surface area contributed by atoms with Crippen LogP contribution in [-0.2, 0) is 20.7 Å². The Morgan fingerprint density at radius 2 is 1.88 bits per heavy atom. The highest BCUT2D eigenvalue weighted by Crippen LogP contribution is 2.19. The second-order valence-corrected chi connectivity index (χ2v) is 6.83. The molecule has 2 aliphatic rings. The maximum atomic E-state index is 12.7. The molecule has 6 heteroatoms. The van der Waals surface area contributed by atoms with Crippen LogP contribution >= 0.6 is 0 Å². The van der Waals surface area contributed by atoms with Gasteiger partial charge in [-0.1, -0.05) is 30.3 Å². The first-order chi connectivity index (χ1) is 12.1. The van der Waals surface area contributed by atoms with Gasteiger partial charge in [0.2, 0.25) is 11.8 Å². The van der Waals surface area contributed by atoms with Crippen LogP contribution in [-0.4, -0.2) is 72.2 Å². The molecule has 25 heavy (non-hydrogen) atoms. The summed E-state index contributed by atoms with van der Waals surface area (Å²) in [4.78, 5) is 28.5. The second kappa shape index (κ2) is 8.45. The van der Waals surface area contributed by atoms with Gasteiger partial charge in [0.15, 0.2) is 0 Å². The zero-order chi connectivity index (χ0) is 17.6. The number of rotatable bonds is 4. The van der Waals surface area contributed by atoms with Gasteiger partial charge in [-0.2, -0.15) is 0 Å². The van der Waals surface area contributed by atoms with E-state index >= 15 is 0 Å². The fraction of sp³-hybridized carbons (Fsp3) is 0.579. The molecule has 2 aliphatic heterocycles. The van der Waals surface area contributed by atoms with Crippen LogP contribution < -0.4 is 0 Å². The van der Waals surface area contributed by atoms with Crippen LogP contribution in [0.4, 0.5) is 0 Å². The summed E-state index contributed by atoms with van der Waals surface area (Å²) < 4.78 is 5.30. The average Bonchev–Trinajstić information content (AvgIpc) is 2.79. The molecule has 0 bridgehead atoms. The molecule has 0 aliphatic carbocycles. The monoisotopic (exact) mass is 346 g/mol. The molecule has 0 radical (unpaired) electrons. The Labute approximate surface area is 148 Å². The van der Waals surface area contributed by atoms with E-state index in [1.54, 1.807) is 4.90 Å². The zero-order valence-corrected chi connectivity index (χ0v) is 14.5. The molecule has 1 N–H and O–H groups in total. The summed E-state index contributed by atoms with van der Waals surface area (Å²) in [6.45, 7) is 2.29. The van der Waals surface area contributed by atoms with Crippen LogP contribution in [0.1, 0.15) is 18.4 Å². The highest BCUT2D eigenvalue weighted by molar-refractivity contribution is 5.86. The summed E-state index contributed by atoms with van der Waals surface area (Å²) in [6.07, 6.45) is 1.42. The Hall–Kier alpha value is -1.92. The highest BCUT2D eigenvalue weighted by Gasteiger charge is 2.33. The quantitative estimate of drug-likeness (QED) is 0.871. The van der Waals surface area contributed by atoms with Crippen molar-refractivity contribution in [3.8, 4) is 0 Å². The van der Waals surface area contributed by atoms with Crippen molar-refractivity contribution in [2.45, 2.75) is 25.4 Å². The fourth-order valence-corrected chi connectivity index (χ4v) is 3.49. The Kier molecular flexibility index (Phi) is 6.04. The predicted molar refractivity (Wildman–Crippen MR) is 92.9 cm³/mol. The first kappa shape index (κ1) is 17.9. The van der Waals surface area contributed by atoms with Gasteiger partial charge in [0.05, 0.1) is 12.6 Å². The number of carbonyl (C=O) groups is 2. The van der Waals surface area contributed by atoms with Crippen LogP contribution in [0.5, 0.6) is 0 Å². The predicted octanol–water partition coefficient (Wildman–Crippen LogP) is 0.687. The number of aliphatic hydroxyl groups excluding tert-OH is 1. The van der Waals surface area contributed by atoms with E-state index in [4.69, 9.17) is 4.74 Å². The molecule has 2 saturated heterocycles. The molecule has 6 nitrogen and oxygen atoms in total. The van der Waals surface area contributed by atoms with Crippen LogP contribution in [0.2, 0.25) is 0 Å². The van der Waals surface area contributed by atoms with Crippen molar-refractivity contribution >= 4 is 11.8 Å². The summed E-state index contributed by atoms with van der Waals surface area (Å²) in [6, 6.07) is 9.97. The number of hydrogen-bond donors (Lipinski definition) is 1. The molecule has 1 aromatic rings. The van der Waals surface area contributed by atoms with E-state index in [0.717, 1.165) is 12.0 Å². The van der Waals surface area contributed by atoms with E-state index in [2.05, 4.69) is 0 Å². The first-order valence-electron chi connectivity index (χ1n) is 9.00. The third kappa shape index (κ3) is 4.80. The highest BCUT2D eigenvalue weighted by atomic mass is 16.5. The number of β-amino-alcohol motifs (C(OH)–C–C–N with tert-alkyl or cyclic N) is 1. The molecule has 2 amide bonds. The van der Waals surface area contributed by atoms with Crippen LogP contribution in [0, 0.1) is 5.92 Å². The summed E-state index contributed by atoms with van der Waals surface area (Å²) >= 11 is 0. The Balaban J connectivity index is 1.59. The van der Waals surface area contributed by atoms with Crippen molar-refractivity contribution in [3.63, 3.8) is 0 Å². The van der Waals surface area contributed by atoms with Crippen molar-refractivity contribution in [2.75, 3.05) is 39.4 Å². The second-order valence-electron chi connectivity index (χ2n) is 6.83. The van der Waals surface area contributed by atoms with Gasteiger partial charge in [0, 0.05) is 38.8 Å². The molecule has 0 saturated carbocycles. The van der Waals surface area contributed by atoms with E-state index in [-0.39, 0.29) is 37.4 Å². The lowest BCUT2D eigenvalue weighted by atomic mass is 9.98. The standard InChI is InChI=1S/C19H26N2O4/c22-17-12-20(9-6-15-4-2-1-3-5-15)18(23)14-21(13-17)19(24)16-7-10-25-11-8-16/h1-5,16-17,22H,6-14H2. The van der Waals surface area contributed by atoms with E-state index in [1.165, 1.54) is 4.90 Å². The molecule has 1 unspecified atom stereocenters. The van der Waals surface area contributed by atoms with E-state index < -0.39 is 6.10 Å². The molecule has 0 aromatic heterocycles. The topological polar surface area (TPSA) is 70.1 Å². The number of amides is 2. The Bertz CT molecular complexity index is 586.